The number of carbonyl (C=O) groups excluding carboxylic acids is 1. The van der Waals surface area contributed by atoms with E-state index in [1.54, 1.807) is 28.8 Å². The number of β-amino-alcohol motifs (C(OH)–C–C–N with tert-alkyl or cyclic N) is 1. The predicted molar refractivity (Wildman–Crippen MR) is 103 cm³/mol. The van der Waals surface area contributed by atoms with Gasteiger partial charge in [-0.1, -0.05) is 12.1 Å². The Morgan fingerprint density at radius 3 is 3.00 bits per heavy atom. The minimum absolute atomic E-state index is 0.0944. The number of nitrogens with zero attached hydrogens (tertiary/aromatic N) is 3. The number of aromatic amines is 1. The highest BCUT2D eigenvalue weighted by Crippen LogP contribution is 2.24. The van der Waals surface area contributed by atoms with Gasteiger partial charge in [0.1, 0.15) is 5.75 Å². The molecular weight excluding hydrogens is 360 g/mol. The lowest BCUT2D eigenvalue weighted by atomic mass is 10.0. The highest BCUT2D eigenvalue weighted by molar-refractivity contribution is 5.79. The van der Waals surface area contributed by atoms with Gasteiger partial charge in [0.2, 0.25) is 5.91 Å². The monoisotopic (exact) mass is 382 g/mol. The van der Waals surface area contributed by atoms with Crippen molar-refractivity contribution in [3.63, 3.8) is 0 Å². The molecule has 1 saturated heterocycles. The zero-order valence-electron chi connectivity index (χ0n) is 15.5. The highest BCUT2D eigenvalue weighted by Gasteiger charge is 2.31. The smallest absolute Gasteiger partial charge is 0.327 e. The van der Waals surface area contributed by atoms with E-state index in [1.165, 1.54) is 0 Å². The predicted octanol–water partition coefficient (Wildman–Crippen LogP) is 1.11. The Balaban J connectivity index is 1.57. The fourth-order valence-corrected chi connectivity index (χ4v) is 3.83. The van der Waals surface area contributed by atoms with E-state index >= 15 is 0 Å². The summed E-state index contributed by atoms with van der Waals surface area (Å²) in [7, 11) is 1.58. The van der Waals surface area contributed by atoms with Crippen LogP contribution in [0.15, 0.2) is 47.4 Å². The molecule has 2 atom stereocenters. The van der Waals surface area contributed by atoms with Crippen LogP contribution in [0, 0.1) is 0 Å². The Morgan fingerprint density at radius 1 is 1.32 bits per heavy atom. The number of aromatic nitrogens is 3. The van der Waals surface area contributed by atoms with Gasteiger partial charge in [0.25, 0.3) is 0 Å². The minimum Gasteiger partial charge on any atom is -0.497 e. The maximum Gasteiger partial charge on any atom is 0.327 e. The van der Waals surface area contributed by atoms with Crippen LogP contribution in [0.1, 0.15) is 18.0 Å². The first kappa shape index (κ1) is 18.2. The topological polar surface area (TPSA) is 100 Å². The van der Waals surface area contributed by atoms with Crippen LogP contribution >= 0.6 is 0 Å². The van der Waals surface area contributed by atoms with E-state index in [9.17, 15) is 14.7 Å². The minimum atomic E-state index is -0.693. The van der Waals surface area contributed by atoms with E-state index in [1.807, 2.05) is 30.3 Å². The van der Waals surface area contributed by atoms with E-state index < -0.39 is 6.10 Å². The lowest BCUT2D eigenvalue weighted by Gasteiger charge is -2.36. The van der Waals surface area contributed by atoms with Gasteiger partial charge in [-0.05, 0) is 36.2 Å². The number of fused-ring (bicyclic) bond motifs is 1. The number of imidazole rings is 1. The van der Waals surface area contributed by atoms with Crippen molar-refractivity contribution in [1.29, 1.82) is 0 Å². The number of aliphatic hydroxyl groups excluding tert-OH is 1. The van der Waals surface area contributed by atoms with Gasteiger partial charge in [-0.15, -0.1) is 0 Å². The molecule has 0 bridgehead atoms. The molecule has 8 heteroatoms. The number of likely N-dealkylation sites (tertiary alicyclic amines) is 1. The van der Waals surface area contributed by atoms with Gasteiger partial charge in [-0.25, -0.2) is 9.78 Å². The average molecular weight is 382 g/mol. The quantitative estimate of drug-likeness (QED) is 0.704. The number of piperidine rings is 1. The van der Waals surface area contributed by atoms with Gasteiger partial charge < -0.3 is 14.7 Å². The first-order valence-corrected chi connectivity index (χ1v) is 9.19. The number of hydrogen-bond acceptors (Lipinski definition) is 5. The maximum absolute atomic E-state index is 12.8. The van der Waals surface area contributed by atoms with E-state index in [0.29, 0.717) is 29.9 Å². The van der Waals surface area contributed by atoms with Crippen LogP contribution in [-0.4, -0.2) is 56.8 Å². The SMILES string of the molecule is COc1cccc(CC(=O)N2CC(O)CC(n3c(=O)[nH]c4ncccc43)C2)c1. The Labute approximate surface area is 161 Å². The molecule has 8 nitrogen and oxygen atoms in total. The number of benzene rings is 1. The lowest BCUT2D eigenvalue weighted by molar-refractivity contribution is -0.134. The summed E-state index contributed by atoms with van der Waals surface area (Å²) in [5.41, 5.74) is 1.73. The van der Waals surface area contributed by atoms with Crippen LogP contribution in [0.4, 0.5) is 0 Å². The van der Waals surface area contributed by atoms with Crippen LogP contribution in [0.5, 0.6) is 5.75 Å². The molecule has 2 unspecified atom stereocenters. The van der Waals surface area contributed by atoms with Crippen LogP contribution in [0.2, 0.25) is 0 Å². The Hall–Kier alpha value is -3.13. The molecule has 1 amide bonds. The van der Waals surface area contributed by atoms with Crippen molar-refractivity contribution in [2.75, 3.05) is 20.2 Å². The molecule has 0 saturated carbocycles. The van der Waals surface area contributed by atoms with Crippen LogP contribution in [0.25, 0.3) is 11.2 Å². The molecule has 0 aliphatic carbocycles. The number of carbonyl (C=O) groups is 1. The molecule has 146 valence electrons. The number of H-pyrrole nitrogens is 1. The molecule has 4 rings (SSSR count). The molecule has 2 N–H and O–H groups in total. The van der Waals surface area contributed by atoms with E-state index in [4.69, 9.17) is 4.74 Å². The summed E-state index contributed by atoms with van der Waals surface area (Å²) in [5.74, 6) is 0.600. The first-order valence-electron chi connectivity index (χ1n) is 9.19. The Kier molecular flexibility index (Phi) is 4.87. The van der Waals surface area contributed by atoms with Crippen LogP contribution in [-0.2, 0) is 11.2 Å². The number of aliphatic hydroxyl groups is 1. The summed E-state index contributed by atoms with van der Waals surface area (Å²) in [4.78, 5) is 33.8. The molecule has 28 heavy (non-hydrogen) atoms. The van der Waals surface area contributed by atoms with Crippen molar-refractivity contribution in [3.05, 3.63) is 58.6 Å². The van der Waals surface area contributed by atoms with E-state index in [-0.39, 0.29) is 30.6 Å². The lowest BCUT2D eigenvalue weighted by Crippen LogP contribution is -2.48. The van der Waals surface area contributed by atoms with Crippen molar-refractivity contribution >= 4 is 17.1 Å². The number of nitrogens with one attached hydrogen (secondary N) is 1. The van der Waals surface area contributed by atoms with Crippen molar-refractivity contribution < 1.29 is 14.6 Å². The summed E-state index contributed by atoms with van der Waals surface area (Å²) in [6, 6.07) is 10.6. The molecule has 1 aliphatic heterocycles. The molecule has 1 aliphatic rings. The second kappa shape index (κ2) is 7.47. The molecule has 0 radical (unpaired) electrons. The van der Waals surface area contributed by atoms with Crippen molar-refractivity contribution in [2.45, 2.75) is 25.0 Å². The number of methoxy groups -OCH3 is 1. The summed E-state index contributed by atoms with van der Waals surface area (Å²) < 4.78 is 6.80. The van der Waals surface area contributed by atoms with Gasteiger partial charge in [0, 0.05) is 19.3 Å². The van der Waals surface area contributed by atoms with Gasteiger partial charge in [-0.3, -0.25) is 14.3 Å². The van der Waals surface area contributed by atoms with Gasteiger partial charge in [0.05, 0.1) is 31.2 Å². The van der Waals surface area contributed by atoms with Crippen molar-refractivity contribution in [3.8, 4) is 5.75 Å². The van der Waals surface area contributed by atoms with Crippen molar-refractivity contribution in [1.82, 2.24) is 19.4 Å². The second-order valence-electron chi connectivity index (χ2n) is 7.04. The molecule has 2 aromatic heterocycles. The van der Waals surface area contributed by atoms with Gasteiger partial charge in [-0.2, -0.15) is 0 Å². The summed E-state index contributed by atoms with van der Waals surface area (Å²) in [5, 5.41) is 10.4. The normalized spacial score (nSPS) is 19.7. The number of pyridine rings is 1. The molecule has 3 heterocycles. The number of amides is 1. The van der Waals surface area contributed by atoms with Crippen LogP contribution < -0.4 is 10.4 Å². The summed E-state index contributed by atoms with van der Waals surface area (Å²) in [6.07, 6.45) is 1.54. The number of hydrogen-bond donors (Lipinski definition) is 2. The zero-order valence-corrected chi connectivity index (χ0v) is 15.5. The van der Waals surface area contributed by atoms with Crippen molar-refractivity contribution in [2.24, 2.45) is 0 Å². The maximum atomic E-state index is 12.8. The third-order valence-electron chi connectivity index (χ3n) is 5.10. The Morgan fingerprint density at radius 2 is 2.18 bits per heavy atom. The highest BCUT2D eigenvalue weighted by atomic mass is 16.5. The fourth-order valence-electron chi connectivity index (χ4n) is 3.83. The Bertz CT molecular complexity index is 1060. The molecule has 0 spiro atoms. The average Bonchev–Trinajstić information content (AvgIpc) is 3.03. The molecular formula is C20H22N4O4. The number of rotatable bonds is 4. The van der Waals surface area contributed by atoms with Gasteiger partial charge in [0.15, 0.2) is 5.65 Å². The first-order chi connectivity index (χ1) is 13.5. The largest absolute Gasteiger partial charge is 0.497 e. The fraction of sp³-hybridized carbons (Fsp3) is 0.350. The second-order valence-corrected chi connectivity index (χ2v) is 7.04. The standard InChI is InChI=1S/C20H22N4O4/c1-28-16-5-2-4-13(8-16)9-18(26)23-11-14(10-15(25)12-23)24-17-6-3-7-21-19(17)22-20(24)27/h2-8,14-15,25H,9-12H2,1H3,(H,21,22,27). The van der Waals surface area contributed by atoms with E-state index in [0.717, 1.165) is 5.56 Å². The van der Waals surface area contributed by atoms with Gasteiger partial charge >= 0.3 is 5.69 Å². The summed E-state index contributed by atoms with van der Waals surface area (Å²) >= 11 is 0. The summed E-state index contributed by atoms with van der Waals surface area (Å²) in [6.45, 7) is 0.621. The van der Waals surface area contributed by atoms with E-state index in [2.05, 4.69) is 9.97 Å². The number of ether oxygens (including phenoxy) is 1. The third kappa shape index (κ3) is 3.50. The van der Waals surface area contributed by atoms with Crippen LogP contribution in [0.3, 0.4) is 0 Å². The molecule has 1 fully saturated rings. The molecule has 3 aromatic rings. The third-order valence-corrected chi connectivity index (χ3v) is 5.10. The molecule has 1 aromatic carbocycles. The zero-order chi connectivity index (χ0) is 19.7.